The van der Waals surface area contributed by atoms with Gasteiger partial charge >= 0.3 is 0 Å². The number of carbonyl (C=O) groups is 1. The van der Waals surface area contributed by atoms with Gasteiger partial charge in [0, 0.05) is 32.0 Å². The average molecular weight is 254 g/mol. The van der Waals surface area contributed by atoms with Crippen molar-refractivity contribution in [2.45, 2.75) is 51.7 Å². The molecule has 0 aromatic heterocycles. The van der Waals surface area contributed by atoms with Crippen LogP contribution in [-0.4, -0.2) is 47.7 Å². The van der Waals surface area contributed by atoms with Crippen LogP contribution in [0.5, 0.6) is 0 Å². The summed E-state index contributed by atoms with van der Waals surface area (Å²) in [6.45, 7) is 6.02. The van der Waals surface area contributed by atoms with Gasteiger partial charge in [-0.3, -0.25) is 4.79 Å². The molecule has 2 aliphatic rings. The Labute approximate surface area is 110 Å². The molecule has 0 spiro atoms. The lowest BCUT2D eigenvalue weighted by Gasteiger charge is -2.40. The maximum atomic E-state index is 11.5. The second-order valence-electron chi connectivity index (χ2n) is 6.06. The molecule has 1 saturated carbocycles. The van der Waals surface area contributed by atoms with Crippen molar-refractivity contribution in [1.82, 2.24) is 10.2 Å². The SMILES string of the molecule is CC(=O)N1CC(NCC2CCC2)CC(C(C)O)C1. The fourth-order valence-corrected chi connectivity index (χ4v) is 2.92. The monoisotopic (exact) mass is 254 g/mol. The van der Waals surface area contributed by atoms with E-state index >= 15 is 0 Å². The van der Waals surface area contributed by atoms with Crippen molar-refractivity contribution in [3.05, 3.63) is 0 Å². The van der Waals surface area contributed by atoms with E-state index in [0.29, 0.717) is 12.6 Å². The minimum Gasteiger partial charge on any atom is -0.393 e. The number of aliphatic hydroxyl groups excluding tert-OH is 1. The van der Waals surface area contributed by atoms with E-state index in [9.17, 15) is 9.90 Å². The normalized spacial score (nSPS) is 30.9. The van der Waals surface area contributed by atoms with Crippen molar-refractivity contribution in [1.29, 1.82) is 0 Å². The Balaban J connectivity index is 1.85. The van der Waals surface area contributed by atoms with E-state index in [4.69, 9.17) is 0 Å². The van der Waals surface area contributed by atoms with E-state index < -0.39 is 0 Å². The molecule has 0 aromatic rings. The van der Waals surface area contributed by atoms with Gasteiger partial charge in [-0.2, -0.15) is 0 Å². The molecule has 3 unspecified atom stereocenters. The first-order chi connectivity index (χ1) is 8.56. The summed E-state index contributed by atoms with van der Waals surface area (Å²) in [6.07, 6.45) is 4.70. The second-order valence-corrected chi connectivity index (χ2v) is 6.06. The number of carbonyl (C=O) groups excluding carboxylic acids is 1. The lowest BCUT2D eigenvalue weighted by atomic mass is 9.84. The first-order valence-corrected chi connectivity index (χ1v) is 7.23. The van der Waals surface area contributed by atoms with Crippen LogP contribution in [0, 0.1) is 11.8 Å². The molecule has 4 heteroatoms. The van der Waals surface area contributed by atoms with Crippen LogP contribution in [0.15, 0.2) is 0 Å². The highest BCUT2D eigenvalue weighted by atomic mass is 16.3. The lowest BCUT2D eigenvalue weighted by Crippen LogP contribution is -2.53. The summed E-state index contributed by atoms with van der Waals surface area (Å²) in [5, 5.41) is 13.4. The van der Waals surface area contributed by atoms with Crippen LogP contribution in [0.4, 0.5) is 0 Å². The van der Waals surface area contributed by atoms with Crippen molar-refractivity contribution in [2.75, 3.05) is 19.6 Å². The molecule has 1 aliphatic heterocycles. The fourth-order valence-electron chi connectivity index (χ4n) is 2.92. The first-order valence-electron chi connectivity index (χ1n) is 7.23. The Kier molecular flexibility index (Phi) is 4.62. The molecule has 0 aromatic carbocycles. The Hall–Kier alpha value is -0.610. The second kappa shape index (κ2) is 6.02. The number of nitrogens with one attached hydrogen (secondary N) is 1. The number of nitrogens with zero attached hydrogens (tertiary/aromatic N) is 1. The Morgan fingerprint density at radius 2 is 2.17 bits per heavy atom. The molecule has 1 saturated heterocycles. The van der Waals surface area contributed by atoms with Gasteiger partial charge in [0.1, 0.15) is 0 Å². The van der Waals surface area contributed by atoms with Crippen molar-refractivity contribution < 1.29 is 9.90 Å². The number of piperidine rings is 1. The van der Waals surface area contributed by atoms with E-state index in [1.807, 2.05) is 11.8 Å². The zero-order valence-electron chi connectivity index (χ0n) is 11.6. The summed E-state index contributed by atoms with van der Waals surface area (Å²) >= 11 is 0. The standard InChI is InChI=1S/C14H26N2O2/c1-10(17)13-6-14(9-16(8-13)11(2)18)15-7-12-4-3-5-12/h10,12-15,17H,3-9H2,1-2H3. The highest BCUT2D eigenvalue weighted by Gasteiger charge is 2.31. The molecule has 0 bridgehead atoms. The molecule has 1 heterocycles. The topological polar surface area (TPSA) is 52.6 Å². The smallest absolute Gasteiger partial charge is 0.219 e. The maximum absolute atomic E-state index is 11.5. The van der Waals surface area contributed by atoms with Gasteiger partial charge in [0.05, 0.1) is 6.10 Å². The highest BCUT2D eigenvalue weighted by Crippen LogP contribution is 2.26. The third kappa shape index (κ3) is 3.45. The zero-order valence-corrected chi connectivity index (χ0v) is 11.6. The molecular formula is C14H26N2O2. The highest BCUT2D eigenvalue weighted by molar-refractivity contribution is 5.73. The van der Waals surface area contributed by atoms with E-state index in [1.54, 1.807) is 6.92 Å². The molecule has 4 nitrogen and oxygen atoms in total. The number of aliphatic hydroxyl groups is 1. The molecule has 2 N–H and O–H groups in total. The maximum Gasteiger partial charge on any atom is 0.219 e. The van der Waals surface area contributed by atoms with Crippen LogP contribution in [0.2, 0.25) is 0 Å². The number of rotatable bonds is 4. The van der Waals surface area contributed by atoms with E-state index in [1.165, 1.54) is 19.3 Å². The van der Waals surface area contributed by atoms with Gasteiger partial charge in [0.2, 0.25) is 5.91 Å². The largest absolute Gasteiger partial charge is 0.393 e. The van der Waals surface area contributed by atoms with Crippen LogP contribution < -0.4 is 5.32 Å². The molecule has 104 valence electrons. The molecule has 1 aliphatic carbocycles. The third-order valence-electron chi connectivity index (χ3n) is 4.53. The van der Waals surface area contributed by atoms with E-state index in [0.717, 1.165) is 25.4 Å². The van der Waals surface area contributed by atoms with Crippen LogP contribution in [-0.2, 0) is 4.79 Å². The number of likely N-dealkylation sites (tertiary alicyclic amines) is 1. The minimum absolute atomic E-state index is 0.121. The molecule has 2 fully saturated rings. The first kappa shape index (κ1) is 13.8. The van der Waals surface area contributed by atoms with Crippen LogP contribution in [0.3, 0.4) is 0 Å². The Morgan fingerprint density at radius 3 is 2.67 bits per heavy atom. The molecule has 0 radical (unpaired) electrons. The van der Waals surface area contributed by atoms with Gasteiger partial charge in [-0.1, -0.05) is 6.42 Å². The quantitative estimate of drug-likeness (QED) is 0.787. The van der Waals surface area contributed by atoms with Crippen molar-refractivity contribution in [2.24, 2.45) is 11.8 Å². The molecule has 2 rings (SSSR count). The van der Waals surface area contributed by atoms with Crippen LogP contribution in [0.1, 0.15) is 39.5 Å². The summed E-state index contributed by atoms with van der Waals surface area (Å²) in [6, 6.07) is 0.350. The van der Waals surface area contributed by atoms with Gasteiger partial charge < -0.3 is 15.3 Å². The lowest BCUT2D eigenvalue weighted by molar-refractivity contribution is -0.132. The van der Waals surface area contributed by atoms with Crippen LogP contribution in [0.25, 0.3) is 0 Å². The number of hydrogen-bond donors (Lipinski definition) is 2. The van der Waals surface area contributed by atoms with Gasteiger partial charge in [-0.05, 0) is 38.6 Å². The average Bonchev–Trinajstić information content (AvgIpc) is 2.26. The van der Waals surface area contributed by atoms with Gasteiger partial charge in [0.15, 0.2) is 0 Å². The van der Waals surface area contributed by atoms with Gasteiger partial charge in [-0.15, -0.1) is 0 Å². The van der Waals surface area contributed by atoms with Crippen molar-refractivity contribution in [3.63, 3.8) is 0 Å². The molecular weight excluding hydrogens is 228 g/mol. The van der Waals surface area contributed by atoms with E-state index in [-0.39, 0.29) is 17.9 Å². The van der Waals surface area contributed by atoms with Gasteiger partial charge in [0.25, 0.3) is 0 Å². The summed E-state index contributed by atoms with van der Waals surface area (Å²) in [4.78, 5) is 13.4. The minimum atomic E-state index is -0.333. The summed E-state index contributed by atoms with van der Waals surface area (Å²) < 4.78 is 0. The van der Waals surface area contributed by atoms with E-state index in [2.05, 4.69) is 5.32 Å². The van der Waals surface area contributed by atoms with Crippen molar-refractivity contribution >= 4 is 5.91 Å². The zero-order chi connectivity index (χ0) is 13.1. The molecule has 1 amide bonds. The predicted molar refractivity (Wildman–Crippen MR) is 71.2 cm³/mol. The number of amides is 1. The molecule has 3 atom stereocenters. The molecule has 18 heavy (non-hydrogen) atoms. The predicted octanol–water partition coefficient (Wildman–Crippen LogP) is 0.994. The Morgan fingerprint density at radius 1 is 1.44 bits per heavy atom. The summed E-state index contributed by atoms with van der Waals surface area (Å²) in [7, 11) is 0. The third-order valence-corrected chi connectivity index (χ3v) is 4.53. The van der Waals surface area contributed by atoms with Gasteiger partial charge in [-0.25, -0.2) is 0 Å². The number of hydrogen-bond acceptors (Lipinski definition) is 3. The van der Waals surface area contributed by atoms with Crippen molar-refractivity contribution in [3.8, 4) is 0 Å². The Bertz CT molecular complexity index is 290. The summed E-state index contributed by atoms with van der Waals surface area (Å²) in [5.41, 5.74) is 0. The fraction of sp³-hybridized carbons (Fsp3) is 0.929. The van der Waals surface area contributed by atoms with Crippen LogP contribution >= 0.6 is 0 Å². The summed E-state index contributed by atoms with van der Waals surface area (Å²) in [5.74, 6) is 1.17.